The van der Waals surface area contributed by atoms with Crippen LogP contribution < -0.4 is 0 Å². The van der Waals surface area contributed by atoms with Gasteiger partial charge in [0.1, 0.15) is 5.76 Å². The van der Waals surface area contributed by atoms with Gasteiger partial charge in [-0.1, -0.05) is 33.2 Å². The van der Waals surface area contributed by atoms with Crippen molar-refractivity contribution in [2.75, 3.05) is 0 Å². The first-order valence-electron chi connectivity index (χ1n) is 5.35. The van der Waals surface area contributed by atoms with Crippen LogP contribution in [0.5, 0.6) is 0 Å². The van der Waals surface area contributed by atoms with Crippen LogP contribution in [0.15, 0.2) is 33.3 Å². The van der Waals surface area contributed by atoms with Crippen molar-refractivity contribution in [2.45, 2.75) is 19.8 Å². The third-order valence-electron chi connectivity index (χ3n) is 2.63. The third-order valence-corrected chi connectivity index (χ3v) is 3.12. The molecular formula is C13H12BrNO2. The Morgan fingerprint density at radius 3 is 2.94 bits per heavy atom. The molecule has 1 aromatic carbocycles. The van der Waals surface area contributed by atoms with E-state index in [0.717, 1.165) is 17.2 Å². The Labute approximate surface area is 108 Å². The van der Waals surface area contributed by atoms with Gasteiger partial charge in [-0.3, -0.25) is 4.79 Å². The first kappa shape index (κ1) is 12.0. The second-order valence-electron chi connectivity index (χ2n) is 3.85. The summed E-state index contributed by atoms with van der Waals surface area (Å²) in [7, 11) is 0. The van der Waals surface area contributed by atoms with E-state index in [9.17, 15) is 4.79 Å². The van der Waals surface area contributed by atoms with Crippen molar-refractivity contribution in [1.29, 1.82) is 0 Å². The molecule has 0 fully saturated rings. The highest BCUT2D eigenvalue weighted by Gasteiger charge is 2.11. The largest absolute Gasteiger partial charge is 0.360 e. The lowest BCUT2D eigenvalue weighted by atomic mass is 10.1. The molecule has 1 heterocycles. The summed E-state index contributed by atoms with van der Waals surface area (Å²) in [6, 6.07) is 8.09. The molecular weight excluding hydrogens is 282 g/mol. The minimum Gasteiger partial charge on any atom is -0.360 e. The van der Waals surface area contributed by atoms with E-state index in [1.807, 2.05) is 12.1 Å². The molecule has 0 unspecified atom stereocenters. The fourth-order valence-electron chi connectivity index (χ4n) is 1.71. The maximum Gasteiger partial charge on any atom is 0.155 e. The zero-order valence-electron chi connectivity index (χ0n) is 9.44. The zero-order valence-corrected chi connectivity index (χ0v) is 11.0. The van der Waals surface area contributed by atoms with E-state index < -0.39 is 0 Å². The topological polar surface area (TPSA) is 43.1 Å². The second kappa shape index (κ2) is 5.27. The summed E-state index contributed by atoms with van der Waals surface area (Å²) in [6.45, 7) is 1.77. The minimum atomic E-state index is 0.583. The van der Waals surface area contributed by atoms with E-state index in [0.29, 0.717) is 23.4 Å². The molecule has 1 aromatic heterocycles. The Kier molecular flexibility index (Phi) is 3.74. The van der Waals surface area contributed by atoms with Crippen LogP contribution in [0.25, 0.3) is 0 Å². The van der Waals surface area contributed by atoms with Crippen LogP contribution in [-0.4, -0.2) is 11.4 Å². The predicted octanol–water partition coefficient (Wildman–Crippen LogP) is 3.34. The summed E-state index contributed by atoms with van der Waals surface area (Å²) in [5.41, 5.74) is 2.44. The van der Waals surface area contributed by atoms with Crippen molar-refractivity contribution < 1.29 is 9.32 Å². The molecule has 0 aliphatic carbocycles. The van der Waals surface area contributed by atoms with Gasteiger partial charge >= 0.3 is 0 Å². The molecule has 3 nitrogen and oxygen atoms in total. The summed E-state index contributed by atoms with van der Waals surface area (Å²) in [6.07, 6.45) is 2.32. The highest BCUT2D eigenvalue weighted by Crippen LogP contribution is 2.16. The molecule has 0 radical (unpaired) electrons. The number of nitrogens with zero attached hydrogens (tertiary/aromatic N) is 1. The molecule has 0 spiro atoms. The Hall–Kier alpha value is -1.42. The van der Waals surface area contributed by atoms with E-state index >= 15 is 0 Å². The monoisotopic (exact) mass is 293 g/mol. The van der Waals surface area contributed by atoms with Crippen molar-refractivity contribution >= 4 is 22.2 Å². The molecule has 0 saturated carbocycles. The highest BCUT2D eigenvalue weighted by atomic mass is 79.9. The fourth-order valence-corrected chi connectivity index (χ4v) is 2.15. The van der Waals surface area contributed by atoms with Crippen LogP contribution in [0, 0.1) is 6.92 Å². The van der Waals surface area contributed by atoms with Gasteiger partial charge in [-0.05, 0) is 31.0 Å². The summed E-state index contributed by atoms with van der Waals surface area (Å²) in [5, 5.41) is 3.80. The molecule has 88 valence electrons. The molecule has 0 bridgehead atoms. The van der Waals surface area contributed by atoms with Crippen LogP contribution >= 0.6 is 15.9 Å². The maximum absolute atomic E-state index is 10.9. The standard InChI is InChI=1S/C13H12BrNO2/c1-9-12(8-16)13(17-15-9)6-5-10-3-2-4-11(14)7-10/h2-4,7-8H,5-6H2,1H3. The van der Waals surface area contributed by atoms with Gasteiger partial charge in [-0.25, -0.2) is 0 Å². The first-order valence-corrected chi connectivity index (χ1v) is 6.15. The molecule has 0 atom stereocenters. The molecule has 0 aliphatic heterocycles. The van der Waals surface area contributed by atoms with Gasteiger partial charge in [-0.15, -0.1) is 0 Å². The maximum atomic E-state index is 10.9. The molecule has 4 heteroatoms. The quantitative estimate of drug-likeness (QED) is 0.812. The van der Waals surface area contributed by atoms with E-state index in [1.165, 1.54) is 5.56 Å². The van der Waals surface area contributed by atoms with Gasteiger partial charge in [0.2, 0.25) is 0 Å². The fraction of sp³-hybridized carbons (Fsp3) is 0.231. The van der Waals surface area contributed by atoms with Crippen LogP contribution in [0.2, 0.25) is 0 Å². The van der Waals surface area contributed by atoms with Gasteiger partial charge in [0.25, 0.3) is 0 Å². The summed E-state index contributed by atoms with van der Waals surface area (Å²) >= 11 is 3.43. The Morgan fingerprint density at radius 2 is 2.24 bits per heavy atom. The van der Waals surface area contributed by atoms with E-state index in [2.05, 4.69) is 33.2 Å². The molecule has 2 aromatic rings. The van der Waals surface area contributed by atoms with Crippen molar-refractivity contribution in [1.82, 2.24) is 5.16 Å². The van der Waals surface area contributed by atoms with Gasteiger partial charge in [0.05, 0.1) is 11.3 Å². The number of hydrogen-bond donors (Lipinski definition) is 0. The number of aldehydes is 1. The SMILES string of the molecule is Cc1noc(CCc2cccc(Br)c2)c1C=O. The summed E-state index contributed by atoms with van der Waals surface area (Å²) < 4.78 is 6.20. The lowest BCUT2D eigenvalue weighted by molar-refractivity contribution is 0.112. The van der Waals surface area contributed by atoms with Crippen LogP contribution in [0.3, 0.4) is 0 Å². The van der Waals surface area contributed by atoms with E-state index in [1.54, 1.807) is 6.92 Å². The average Bonchev–Trinajstić information content (AvgIpc) is 2.67. The lowest BCUT2D eigenvalue weighted by Gasteiger charge is -2.00. The van der Waals surface area contributed by atoms with Gasteiger partial charge in [-0.2, -0.15) is 0 Å². The Morgan fingerprint density at radius 1 is 1.41 bits per heavy atom. The number of aromatic nitrogens is 1. The van der Waals surface area contributed by atoms with Gasteiger partial charge < -0.3 is 4.52 Å². The smallest absolute Gasteiger partial charge is 0.155 e. The Bertz CT molecular complexity index is 534. The number of rotatable bonds is 4. The third kappa shape index (κ3) is 2.82. The lowest BCUT2D eigenvalue weighted by Crippen LogP contribution is -1.94. The first-order chi connectivity index (χ1) is 8.20. The number of carbonyl (C=O) groups excluding carboxylic acids is 1. The Balaban J connectivity index is 2.09. The zero-order chi connectivity index (χ0) is 12.3. The van der Waals surface area contributed by atoms with Crippen molar-refractivity contribution in [3.05, 3.63) is 51.3 Å². The van der Waals surface area contributed by atoms with Crippen LogP contribution in [-0.2, 0) is 12.8 Å². The van der Waals surface area contributed by atoms with Crippen molar-refractivity contribution in [3.8, 4) is 0 Å². The molecule has 0 aliphatic rings. The molecule has 0 N–H and O–H groups in total. The number of carbonyl (C=O) groups is 1. The highest BCUT2D eigenvalue weighted by molar-refractivity contribution is 9.10. The molecule has 17 heavy (non-hydrogen) atoms. The molecule has 2 rings (SSSR count). The molecule has 0 saturated heterocycles. The van der Waals surface area contributed by atoms with Crippen LogP contribution in [0.4, 0.5) is 0 Å². The van der Waals surface area contributed by atoms with Gasteiger partial charge in [0.15, 0.2) is 6.29 Å². The van der Waals surface area contributed by atoms with Crippen LogP contribution in [0.1, 0.15) is 27.4 Å². The number of hydrogen-bond acceptors (Lipinski definition) is 3. The summed E-state index contributed by atoms with van der Waals surface area (Å²) in [4.78, 5) is 10.9. The average molecular weight is 294 g/mol. The normalized spacial score (nSPS) is 10.5. The second-order valence-corrected chi connectivity index (χ2v) is 4.77. The summed E-state index contributed by atoms with van der Waals surface area (Å²) in [5.74, 6) is 0.664. The van der Waals surface area contributed by atoms with E-state index in [4.69, 9.17) is 4.52 Å². The van der Waals surface area contributed by atoms with E-state index in [-0.39, 0.29) is 0 Å². The van der Waals surface area contributed by atoms with Gasteiger partial charge in [0, 0.05) is 10.9 Å². The van der Waals surface area contributed by atoms with Crippen molar-refractivity contribution in [2.24, 2.45) is 0 Å². The number of benzene rings is 1. The number of aryl methyl sites for hydroxylation is 3. The predicted molar refractivity (Wildman–Crippen MR) is 68.2 cm³/mol. The van der Waals surface area contributed by atoms with Crippen molar-refractivity contribution in [3.63, 3.8) is 0 Å². The number of halogens is 1. The minimum absolute atomic E-state index is 0.583. The molecule has 0 amide bonds.